The molecule has 0 aliphatic carbocycles. The maximum Gasteiger partial charge on any atom is 0.234 e. The number of aliphatic hydroxyl groups is 1. The number of hydrogen-bond donors (Lipinski definition) is 1. The summed E-state index contributed by atoms with van der Waals surface area (Å²) < 4.78 is 5.27. The lowest BCUT2D eigenvalue weighted by Gasteiger charge is -2.09. The van der Waals surface area contributed by atoms with E-state index in [9.17, 15) is 5.11 Å². The van der Waals surface area contributed by atoms with Crippen LogP contribution in [0, 0.1) is 0 Å². The lowest BCUT2D eigenvalue weighted by Crippen LogP contribution is -2.02. The van der Waals surface area contributed by atoms with E-state index in [4.69, 9.17) is 4.52 Å². The summed E-state index contributed by atoms with van der Waals surface area (Å²) in [4.78, 5) is 4.30. The normalized spacial score (nSPS) is 14.4. The smallest absolute Gasteiger partial charge is 0.234 e. The van der Waals surface area contributed by atoms with E-state index in [0.717, 1.165) is 12.0 Å². The highest BCUT2D eigenvalue weighted by Crippen LogP contribution is 2.27. The van der Waals surface area contributed by atoms with Gasteiger partial charge >= 0.3 is 0 Å². The molecule has 2 unspecified atom stereocenters. The topological polar surface area (TPSA) is 59.2 Å². The van der Waals surface area contributed by atoms with Gasteiger partial charge in [-0.25, -0.2) is 0 Å². The Balaban J connectivity index is 2.26. The van der Waals surface area contributed by atoms with Gasteiger partial charge in [0.15, 0.2) is 5.82 Å². The molecule has 2 aromatic rings. The van der Waals surface area contributed by atoms with Crippen LogP contribution in [0.4, 0.5) is 0 Å². The third-order valence-corrected chi connectivity index (χ3v) is 3.05. The molecule has 1 N–H and O–H groups in total. The second kappa shape index (κ2) is 5.78. The average Bonchev–Trinajstić information content (AvgIpc) is 2.89. The third kappa shape index (κ3) is 2.59. The first-order chi connectivity index (χ1) is 8.76. The lowest BCUT2D eigenvalue weighted by molar-refractivity contribution is 0.159. The minimum Gasteiger partial charge on any atom is -0.385 e. The van der Waals surface area contributed by atoms with Crippen LogP contribution in [0.25, 0.3) is 0 Å². The average molecular weight is 246 g/mol. The summed E-state index contributed by atoms with van der Waals surface area (Å²) in [5.41, 5.74) is 1.15. The van der Waals surface area contributed by atoms with E-state index in [2.05, 4.69) is 17.1 Å². The fourth-order valence-electron chi connectivity index (χ4n) is 1.94. The van der Waals surface area contributed by atoms with Gasteiger partial charge in [-0.1, -0.05) is 49.3 Å². The van der Waals surface area contributed by atoms with Crippen molar-refractivity contribution in [3.8, 4) is 0 Å². The zero-order valence-corrected chi connectivity index (χ0v) is 10.7. The van der Waals surface area contributed by atoms with Crippen LogP contribution in [0.1, 0.15) is 56.0 Å². The van der Waals surface area contributed by atoms with Crippen molar-refractivity contribution in [3.05, 3.63) is 47.6 Å². The number of benzene rings is 1. The van der Waals surface area contributed by atoms with Gasteiger partial charge < -0.3 is 9.63 Å². The third-order valence-electron chi connectivity index (χ3n) is 3.05. The van der Waals surface area contributed by atoms with Gasteiger partial charge in [0.2, 0.25) is 5.89 Å². The van der Waals surface area contributed by atoms with Crippen molar-refractivity contribution in [2.45, 2.75) is 38.7 Å². The van der Waals surface area contributed by atoms with Gasteiger partial charge in [-0.3, -0.25) is 0 Å². The van der Waals surface area contributed by atoms with Crippen molar-refractivity contribution in [1.82, 2.24) is 10.1 Å². The SMILES string of the molecule is CCC(O)c1noc(C(CC)c2ccccc2)n1. The van der Waals surface area contributed by atoms with Gasteiger partial charge in [0.25, 0.3) is 0 Å². The highest BCUT2D eigenvalue weighted by molar-refractivity contribution is 5.24. The fourth-order valence-corrected chi connectivity index (χ4v) is 1.94. The molecule has 96 valence electrons. The van der Waals surface area contributed by atoms with E-state index in [1.165, 1.54) is 0 Å². The molecule has 0 spiro atoms. The van der Waals surface area contributed by atoms with Crippen LogP contribution >= 0.6 is 0 Å². The second-order valence-corrected chi connectivity index (χ2v) is 4.29. The van der Waals surface area contributed by atoms with Gasteiger partial charge in [-0.05, 0) is 18.4 Å². The van der Waals surface area contributed by atoms with Gasteiger partial charge in [0.05, 0.1) is 5.92 Å². The van der Waals surface area contributed by atoms with E-state index in [1.807, 2.05) is 37.3 Å². The molecule has 0 amide bonds. The molecule has 2 rings (SSSR count). The quantitative estimate of drug-likeness (QED) is 0.880. The molecule has 0 saturated carbocycles. The van der Waals surface area contributed by atoms with Crippen molar-refractivity contribution < 1.29 is 9.63 Å². The molecule has 0 radical (unpaired) electrons. The standard InChI is InChI=1S/C14H18N2O2/c1-3-11(10-8-6-5-7-9-10)14-15-13(16-18-14)12(17)4-2/h5-9,11-12,17H,3-4H2,1-2H3. The first-order valence-electron chi connectivity index (χ1n) is 6.32. The predicted octanol–water partition coefficient (Wildman–Crippen LogP) is 3.05. The summed E-state index contributed by atoms with van der Waals surface area (Å²) in [6.07, 6.45) is 0.824. The number of rotatable bonds is 5. The molecule has 0 aliphatic heterocycles. The Kier molecular flexibility index (Phi) is 4.10. The van der Waals surface area contributed by atoms with Gasteiger partial charge in [-0.2, -0.15) is 4.98 Å². The van der Waals surface area contributed by atoms with Crippen molar-refractivity contribution in [2.75, 3.05) is 0 Å². The molecular weight excluding hydrogens is 228 g/mol. The number of aliphatic hydroxyl groups excluding tert-OH is 1. The Hall–Kier alpha value is -1.68. The molecule has 0 saturated heterocycles. The van der Waals surface area contributed by atoms with E-state index in [-0.39, 0.29) is 5.92 Å². The Labute approximate surface area is 107 Å². The summed E-state index contributed by atoms with van der Waals surface area (Å²) in [6, 6.07) is 10.1. The predicted molar refractivity (Wildman–Crippen MR) is 68.1 cm³/mol. The monoisotopic (exact) mass is 246 g/mol. The molecule has 0 fully saturated rings. The van der Waals surface area contributed by atoms with Crippen LogP contribution in [0.5, 0.6) is 0 Å². The Morgan fingerprint density at radius 2 is 1.89 bits per heavy atom. The van der Waals surface area contributed by atoms with Crippen molar-refractivity contribution >= 4 is 0 Å². The zero-order valence-electron chi connectivity index (χ0n) is 10.7. The summed E-state index contributed by atoms with van der Waals surface area (Å²) in [5, 5.41) is 13.5. The van der Waals surface area contributed by atoms with E-state index in [0.29, 0.717) is 18.1 Å². The van der Waals surface area contributed by atoms with Gasteiger partial charge in [0.1, 0.15) is 6.10 Å². The van der Waals surface area contributed by atoms with Crippen LogP contribution in [-0.4, -0.2) is 15.2 Å². The summed E-state index contributed by atoms with van der Waals surface area (Å²) in [6.45, 7) is 3.97. The minimum atomic E-state index is -0.643. The van der Waals surface area contributed by atoms with E-state index in [1.54, 1.807) is 0 Å². The molecular formula is C14H18N2O2. The Morgan fingerprint density at radius 1 is 1.17 bits per heavy atom. The summed E-state index contributed by atoms with van der Waals surface area (Å²) in [5.74, 6) is 1.05. The van der Waals surface area contributed by atoms with E-state index >= 15 is 0 Å². The molecule has 2 atom stereocenters. The number of aromatic nitrogens is 2. The van der Waals surface area contributed by atoms with Crippen LogP contribution < -0.4 is 0 Å². The molecule has 0 bridgehead atoms. The Morgan fingerprint density at radius 3 is 2.50 bits per heavy atom. The first kappa shape index (κ1) is 12.8. The summed E-state index contributed by atoms with van der Waals surface area (Å²) >= 11 is 0. The van der Waals surface area contributed by atoms with Crippen molar-refractivity contribution in [3.63, 3.8) is 0 Å². The summed E-state index contributed by atoms with van der Waals surface area (Å²) in [7, 11) is 0. The zero-order chi connectivity index (χ0) is 13.0. The number of hydrogen-bond acceptors (Lipinski definition) is 4. The minimum absolute atomic E-state index is 0.0940. The van der Waals surface area contributed by atoms with Crippen molar-refractivity contribution in [1.29, 1.82) is 0 Å². The first-order valence-corrected chi connectivity index (χ1v) is 6.32. The molecule has 1 aromatic carbocycles. The molecule has 1 heterocycles. The maximum atomic E-state index is 9.68. The molecule has 4 heteroatoms. The molecule has 4 nitrogen and oxygen atoms in total. The van der Waals surface area contributed by atoms with Crippen LogP contribution in [-0.2, 0) is 0 Å². The van der Waals surface area contributed by atoms with E-state index < -0.39 is 6.10 Å². The maximum absolute atomic E-state index is 9.68. The van der Waals surface area contributed by atoms with Crippen molar-refractivity contribution in [2.24, 2.45) is 0 Å². The lowest BCUT2D eigenvalue weighted by atomic mass is 9.96. The largest absolute Gasteiger partial charge is 0.385 e. The second-order valence-electron chi connectivity index (χ2n) is 4.29. The highest BCUT2D eigenvalue weighted by atomic mass is 16.5. The van der Waals surface area contributed by atoms with Crippen LogP contribution in [0.2, 0.25) is 0 Å². The van der Waals surface area contributed by atoms with Crippen LogP contribution in [0.15, 0.2) is 34.9 Å². The molecule has 0 aliphatic rings. The van der Waals surface area contributed by atoms with Crippen LogP contribution in [0.3, 0.4) is 0 Å². The Bertz CT molecular complexity index is 482. The van der Waals surface area contributed by atoms with Gasteiger partial charge in [0, 0.05) is 0 Å². The molecule has 18 heavy (non-hydrogen) atoms. The molecule has 1 aromatic heterocycles. The van der Waals surface area contributed by atoms with Gasteiger partial charge in [-0.15, -0.1) is 0 Å². The number of nitrogens with zero attached hydrogens (tertiary/aromatic N) is 2. The fraction of sp³-hybridized carbons (Fsp3) is 0.429. The highest BCUT2D eigenvalue weighted by Gasteiger charge is 2.21.